The van der Waals surface area contributed by atoms with E-state index in [4.69, 9.17) is 0 Å². The molecule has 0 aliphatic carbocycles. The van der Waals surface area contributed by atoms with Gasteiger partial charge in [-0.25, -0.2) is 0 Å². The molecule has 0 aliphatic rings. The minimum Gasteiger partial charge on any atom is -0.345 e. The molecular weight excluding hydrogens is 222 g/mol. The van der Waals surface area contributed by atoms with E-state index in [0.717, 1.165) is 4.88 Å². The Morgan fingerprint density at radius 1 is 1.56 bits per heavy atom. The smallest absolute Gasteiger partial charge is 0.254 e. The lowest BCUT2D eigenvalue weighted by Gasteiger charge is -2.10. The van der Waals surface area contributed by atoms with Crippen LogP contribution in [0.5, 0.6) is 0 Å². The molecule has 2 N–H and O–H groups in total. The number of carbonyl (C=O) groups excluding carboxylic acids is 1. The Kier molecular flexibility index (Phi) is 3.05. The second kappa shape index (κ2) is 4.49. The summed E-state index contributed by atoms with van der Waals surface area (Å²) in [5, 5.41) is 9.29. The van der Waals surface area contributed by atoms with Gasteiger partial charge >= 0.3 is 0 Å². The van der Waals surface area contributed by atoms with Crippen LogP contribution in [0.25, 0.3) is 0 Å². The molecule has 1 atom stereocenters. The Bertz CT molecular complexity index is 475. The molecule has 4 nitrogen and oxygen atoms in total. The minimum absolute atomic E-state index is 0.0288. The van der Waals surface area contributed by atoms with Crippen molar-refractivity contribution in [1.82, 2.24) is 15.5 Å². The van der Waals surface area contributed by atoms with Crippen molar-refractivity contribution in [2.24, 2.45) is 0 Å². The quantitative estimate of drug-likeness (QED) is 0.857. The zero-order valence-electron chi connectivity index (χ0n) is 9.15. The third-order valence-electron chi connectivity index (χ3n) is 2.30. The predicted molar refractivity (Wildman–Crippen MR) is 63.5 cm³/mol. The van der Waals surface area contributed by atoms with Crippen molar-refractivity contribution in [1.29, 1.82) is 0 Å². The van der Waals surface area contributed by atoms with E-state index in [2.05, 4.69) is 28.5 Å². The molecule has 0 fully saturated rings. The van der Waals surface area contributed by atoms with Crippen LogP contribution in [0.1, 0.15) is 33.1 Å². The van der Waals surface area contributed by atoms with E-state index in [1.807, 2.05) is 13.0 Å². The van der Waals surface area contributed by atoms with Gasteiger partial charge in [0.15, 0.2) is 0 Å². The Hall–Kier alpha value is -1.62. The highest BCUT2D eigenvalue weighted by molar-refractivity contribution is 7.12. The van der Waals surface area contributed by atoms with E-state index >= 15 is 0 Å². The Labute approximate surface area is 97.7 Å². The molecule has 1 amide bonds. The van der Waals surface area contributed by atoms with Gasteiger partial charge in [0.05, 0.1) is 17.8 Å². The van der Waals surface area contributed by atoms with E-state index in [1.54, 1.807) is 17.5 Å². The first-order chi connectivity index (χ1) is 7.66. The fourth-order valence-electron chi connectivity index (χ4n) is 1.41. The van der Waals surface area contributed by atoms with Crippen molar-refractivity contribution in [2.45, 2.75) is 19.9 Å². The van der Waals surface area contributed by atoms with Crippen LogP contribution in [0.15, 0.2) is 24.5 Å². The topological polar surface area (TPSA) is 57.8 Å². The number of hydrogen-bond acceptors (Lipinski definition) is 3. The first-order valence-corrected chi connectivity index (χ1v) is 5.84. The number of rotatable bonds is 3. The van der Waals surface area contributed by atoms with E-state index in [9.17, 15) is 4.79 Å². The third kappa shape index (κ3) is 2.30. The molecule has 0 radical (unpaired) electrons. The number of amides is 1. The number of H-pyrrole nitrogens is 1. The monoisotopic (exact) mass is 235 g/mol. The van der Waals surface area contributed by atoms with Crippen molar-refractivity contribution in [3.8, 4) is 0 Å². The molecule has 1 unspecified atom stereocenters. The van der Waals surface area contributed by atoms with Crippen LogP contribution >= 0.6 is 11.3 Å². The van der Waals surface area contributed by atoms with E-state index in [0.29, 0.717) is 5.56 Å². The van der Waals surface area contributed by atoms with Gasteiger partial charge in [-0.2, -0.15) is 5.10 Å². The summed E-state index contributed by atoms with van der Waals surface area (Å²) < 4.78 is 0. The molecule has 2 aromatic heterocycles. The van der Waals surface area contributed by atoms with E-state index < -0.39 is 0 Å². The molecule has 0 aromatic carbocycles. The zero-order valence-corrected chi connectivity index (χ0v) is 9.97. The second-order valence-corrected chi connectivity index (χ2v) is 4.95. The number of thiophene rings is 1. The highest BCUT2D eigenvalue weighted by Crippen LogP contribution is 2.22. The van der Waals surface area contributed by atoms with Gasteiger partial charge in [-0.3, -0.25) is 9.89 Å². The van der Waals surface area contributed by atoms with Gasteiger partial charge in [-0.15, -0.1) is 11.3 Å². The van der Waals surface area contributed by atoms with Crippen molar-refractivity contribution in [3.05, 3.63) is 39.8 Å². The zero-order chi connectivity index (χ0) is 11.5. The van der Waals surface area contributed by atoms with Gasteiger partial charge in [0, 0.05) is 16.0 Å². The summed E-state index contributed by atoms with van der Waals surface area (Å²) in [6.45, 7) is 4.03. The van der Waals surface area contributed by atoms with Crippen LogP contribution in [0, 0.1) is 6.92 Å². The largest absolute Gasteiger partial charge is 0.345 e. The van der Waals surface area contributed by atoms with Gasteiger partial charge in [-0.05, 0) is 26.0 Å². The number of carbonyl (C=O) groups is 1. The second-order valence-electron chi connectivity index (χ2n) is 3.63. The first-order valence-electron chi connectivity index (χ1n) is 5.03. The fourth-order valence-corrected chi connectivity index (χ4v) is 2.29. The average molecular weight is 235 g/mol. The van der Waals surface area contributed by atoms with Crippen LogP contribution in [0.3, 0.4) is 0 Å². The molecule has 2 rings (SSSR count). The van der Waals surface area contributed by atoms with Crippen LogP contribution in [-0.4, -0.2) is 16.1 Å². The molecule has 0 saturated heterocycles. The SMILES string of the molecule is Cc1ccc(C(C)NC(=O)c2cn[nH]c2)s1. The lowest BCUT2D eigenvalue weighted by atomic mass is 10.2. The molecule has 2 aromatic rings. The number of aromatic nitrogens is 2. The van der Waals surface area contributed by atoms with E-state index in [1.165, 1.54) is 11.1 Å². The highest BCUT2D eigenvalue weighted by atomic mass is 32.1. The molecule has 16 heavy (non-hydrogen) atoms. The molecule has 2 heterocycles. The molecule has 0 spiro atoms. The van der Waals surface area contributed by atoms with Gasteiger partial charge in [0.1, 0.15) is 0 Å². The predicted octanol–water partition coefficient (Wildman–Crippen LogP) is 2.27. The summed E-state index contributed by atoms with van der Waals surface area (Å²) in [4.78, 5) is 14.1. The third-order valence-corrected chi connectivity index (χ3v) is 3.48. The van der Waals surface area contributed by atoms with Gasteiger partial charge in [-0.1, -0.05) is 0 Å². The summed E-state index contributed by atoms with van der Waals surface area (Å²) in [6, 6.07) is 4.13. The Morgan fingerprint density at radius 3 is 2.94 bits per heavy atom. The standard InChI is InChI=1S/C11H13N3OS/c1-7-3-4-10(16-7)8(2)14-11(15)9-5-12-13-6-9/h3-6,8H,1-2H3,(H,12,13)(H,14,15). The molecular formula is C11H13N3OS. The van der Waals surface area contributed by atoms with Crippen LogP contribution in [0.4, 0.5) is 0 Å². The minimum atomic E-state index is -0.104. The number of aromatic amines is 1. The molecule has 0 bridgehead atoms. The van der Waals surface area contributed by atoms with Crippen LogP contribution < -0.4 is 5.32 Å². The van der Waals surface area contributed by atoms with Gasteiger partial charge in [0.25, 0.3) is 5.91 Å². The highest BCUT2D eigenvalue weighted by Gasteiger charge is 2.13. The number of nitrogens with zero attached hydrogens (tertiary/aromatic N) is 1. The maximum atomic E-state index is 11.7. The summed E-state index contributed by atoms with van der Waals surface area (Å²) in [5.74, 6) is -0.104. The Balaban J connectivity index is 2.03. The molecule has 0 saturated carbocycles. The van der Waals surface area contributed by atoms with Crippen molar-refractivity contribution < 1.29 is 4.79 Å². The number of aryl methyl sites for hydroxylation is 1. The normalized spacial score (nSPS) is 12.4. The van der Waals surface area contributed by atoms with Crippen molar-refractivity contribution >= 4 is 17.2 Å². The number of nitrogens with one attached hydrogen (secondary N) is 2. The van der Waals surface area contributed by atoms with E-state index in [-0.39, 0.29) is 11.9 Å². The Morgan fingerprint density at radius 2 is 2.38 bits per heavy atom. The summed E-state index contributed by atoms with van der Waals surface area (Å²) in [5.41, 5.74) is 0.556. The summed E-state index contributed by atoms with van der Waals surface area (Å²) >= 11 is 1.70. The van der Waals surface area contributed by atoms with Crippen LogP contribution in [-0.2, 0) is 0 Å². The maximum absolute atomic E-state index is 11.7. The average Bonchev–Trinajstić information content (AvgIpc) is 2.87. The molecule has 84 valence electrons. The van der Waals surface area contributed by atoms with Gasteiger partial charge in [0.2, 0.25) is 0 Å². The van der Waals surface area contributed by atoms with Crippen molar-refractivity contribution in [3.63, 3.8) is 0 Å². The van der Waals surface area contributed by atoms with Crippen molar-refractivity contribution in [2.75, 3.05) is 0 Å². The lowest BCUT2D eigenvalue weighted by Crippen LogP contribution is -2.25. The molecule has 0 aliphatic heterocycles. The maximum Gasteiger partial charge on any atom is 0.254 e. The van der Waals surface area contributed by atoms with Crippen LogP contribution in [0.2, 0.25) is 0 Å². The number of hydrogen-bond donors (Lipinski definition) is 2. The fraction of sp³-hybridized carbons (Fsp3) is 0.273. The molecule has 5 heteroatoms. The summed E-state index contributed by atoms with van der Waals surface area (Å²) in [7, 11) is 0. The summed E-state index contributed by atoms with van der Waals surface area (Å²) in [6.07, 6.45) is 3.10. The van der Waals surface area contributed by atoms with Gasteiger partial charge < -0.3 is 5.32 Å². The lowest BCUT2D eigenvalue weighted by molar-refractivity contribution is 0.0940. The first kappa shape index (κ1) is 10.9.